The van der Waals surface area contributed by atoms with Crippen molar-refractivity contribution >= 4 is 42.4 Å². The molecule has 0 aromatic rings. The smallest absolute Gasteiger partial charge is 0 e. The zero-order chi connectivity index (χ0) is 0. The van der Waals surface area contributed by atoms with Crippen LogP contribution in [0.1, 0.15) is 0 Å². The molecule has 0 saturated heterocycles. The largest absolute Gasteiger partial charge is 0 e. The van der Waals surface area contributed by atoms with Crippen LogP contribution in [0.25, 0.3) is 0 Å². The maximum atomic E-state index is 0. The fourth-order valence-corrected chi connectivity index (χ4v) is 0. The van der Waals surface area contributed by atoms with E-state index in [9.17, 15) is 0 Å². The Morgan fingerprint density at radius 1 is 1.00 bits per heavy atom. The van der Waals surface area contributed by atoms with E-state index in [1.165, 1.54) is 0 Å². The molecule has 0 rings (SSSR count). The molecule has 0 unspecified atom stereocenters. The van der Waals surface area contributed by atoms with E-state index >= 15 is 0 Å². The summed E-state index contributed by atoms with van der Waals surface area (Å²) in [7, 11) is 0. The minimum atomic E-state index is 0. The quantitative estimate of drug-likeness (QED) is 0.362. The predicted molar refractivity (Wildman–Crippen MR) is 17.3 cm³/mol. The Bertz CT molecular complexity index is 8.00. The summed E-state index contributed by atoms with van der Waals surface area (Å²) < 4.78 is 0. The molecule has 0 aliphatic heterocycles. The zero-order valence-electron chi connectivity index (χ0n) is 2.49. The molecule has 0 nitrogen and oxygen atoms in total. The first kappa shape index (κ1) is 44.3. The monoisotopic (exact) mass is 127 g/mol. The van der Waals surface area contributed by atoms with Gasteiger partial charge >= 0.3 is 0 Å². The van der Waals surface area contributed by atoms with Gasteiger partial charge in [-0.05, 0) is 0 Å². The third-order valence-electron chi connectivity index (χ3n) is 0. The van der Waals surface area contributed by atoms with Gasteiger partial charge in [0.25, 0.3) is 0 Å². The molecule has 4 heteroatoms. The molecular weight excluding hydrogens is 129 g/mol. The fraction of sp³-hybridized carbons (Fsp3) is 0. The Kier molecular flexibility index (Phi) is 250. The summed E-state index contributed by atoms with van der Waals surface area (Å²) >= 11 is 0. The third-order valence-corrected chi connectivity index (χ3v) is 0. The molecule has 0 heterocycles. The van der Waals surface area contributed by atoms with Gasteiger partial charge in [-0.1, -0.05) is 0 Å². The summed E-state index contributed by atoms with van der Waals surface area (Å²) in [5.74, 6) is 0. The minimum Gasteiger partial charge on any atom is 0 e. The molecule has 0 atom stereocenters. The molecule has 0 aliphatic carbocycles. The van der Waals surface area contributed by atoms with Crippen molar-refractivity contribution in [1.82, 2.24) is 0 Å². The van der Waals surface area contributed by atoms with Gasteiger partial charge in [0, 0.05) is 61.9 Å². The third kappa shape index (κ3) is 9.38. The van der Waals surface area contributed by atoms with E-state index in [4.69, 9.17) is 0 Å². The molecular formula is BMgSiZn. The van der Waals surface area contributed by atoms with Crippen molar-refractivity contribution in [2.24, 2.45) is 0 Å². The molecule has 0 N–H and O–H groups in total. The van der Waals surface area contributed by atoms with Crippen LogP contribution >= 0.6 is 0 Å². The number of rotatable bonds is 0. The van der Waals surface area contributed by atoms with Crippen molar-refractivity contribution in [2.45, 2.75) is 0 Å². The van der Waals surface area contributed by atoms with Gasteiger partial charge in [0.15, 0.2) is 0 Å². The van der Waals surface area contributed by atoms with Crippen LogP contribution in [0, 0.1) is 0 Å². The predicted octanol–water partition coefficient (Wildman–Crippen LogP) is -1.14. The maximum Gasteiger partial charge on any atom is 0 e. The van der Waals surface area contributed by atoms with Gasteiger partial charge in [0.2, 0.25) is 0 Å². The molecule has 0 amide bonds. The second-order valence-electron chi connectivity index (χ2n) is 0. The molecule has 9 radical (unpaired) electrons. The average Bonchev–Trinajstić information content (AvgIpc) is 0. The van der Waals surface area contributed by atoms with Crippen LogP contribution in [0.5, 0.6) is 0 Å². The van der Waals surface area contributed by atoms with Gasteiger partial charge in [-0.3, -0.25) is 0 Å². The number of hydrogen-bond acceptors (Lipinski definition) is 0. The first-order valence-corrected chi connectivity index (χ1v) is 0. The molecule has 0 fully saturated rings. The van der Waals surface area contributed by atoms with E-state index in [2.05, 4.69) is 0 Å². The minimum absolute atomic E-state index is 0. The van der Waals surface area contributed by atoms with Crippen molar-refractivity contribution in [2.75, 3.05) is 0 Å². The molecule has 11 valence electrons. The Morgan fingerprint density at radius 3 is 1.00 bits per heavy atom. The second-order valence-corrected chi connectivity index (χ2v) is 0. The Labute approximate surface area is 61.6 Å². The topological polar surface area (TPSA) is 0 Å². The van der Waals surface area contributed by atoms with Crippen LogP contribution in [-0.4, -0.2) is 42.4 Å². The maximum absolute atomic E-state index is 0. The van der Waals surface area contributed by atoms with Gasteiger partial charge < -0.3 is 0 Å². The van der Waals surface area contributed by atoms with Crippen LogP contribution in [-0.2, 0) is 19.5 Å². The van der Waals surface area contributed by atoms with E-state index in [1.807, 2.05) is 0 Å². The summed E-state index contributed by atoms with van der Waals surface area (Å²) in [6.45, 7) is 0. The van der Waals surface area contributed by atoms with E-state index < -0.39 is 0 Å². The van der Waals surface area contributed by atoms with Crippen molar-refractivity contribution in [3.8, 4) is 0 Å². The van der Waals surface area contributed by atoms with E-state index in [0.29, 0.717) is 0 Å². The molecule has 0 aromatic carbocycles. The van der Waals surface area contributed by atoms with Crippen LogP contribution < -0.4 is 0 Å². The van der Waals surface area contributed by atoms with Crippen molar-refractivity contribution in [3.05, 3.63) is 0 Å². The molecule has 0 aliphatic rings. The van der Waals surface area contributed by atoms with Crippen LogP contribution in [0.3, 0.4) is 0 Å². The van der Waals surface area contributed by atoms with Crippen molar-refractivity contribution in [1.29, 1.82) is 0 Å². The summed E-state index contributed by atoms with van der Waals surface area (Å²) in [5, 5.41) is 0. The molecule has 0 saturated carbocycles. The first-order valence-electron chi connectivity index (χ1n) is 0. The van der Waals surface area contributed by atoms with Gasteiger partial charge in [-0.15, -0.1) is 0 Å². The van der Waals surface area contributed by atoms with Crippen molar-refractivity contribution in [3.63, 3.8) is 0 Å². The summed E-state index contributed by atoms with van der Waals surface area (Å²) in [6, 6.07) is 0. The second kappa shape index (κ2) is 22.5. The molecule has 4 heavy (non-hydrogen) atoms. The zero-order valence-corrected chi connectivity index (χ0v) is 7.87. The molecule has 0 bridgehead atoms. The van der Waals surface area contributed by atoms with E-state index in [1.54, 1.807) is 0 Å². The molecule has 0 spiro atoms. The van der Waals surface area contributed by atoms with Gasteiger partial charge in [0.1, 0.15) is 0 Å². The van der Waals surface area contributed by atoms with Crippen LogP contribution in [0.4, 0.5) is 0 Å². The number of hydrogen-bond donors (Lipinski definition) is 0. The molecule has 0 aromatic heterocycles. The standard InChI is InChI=1S/B.Mg.Si.Zn. The van der Waals surface area contributed by atoms with Crippen molar-refractivity contribution < 1.29 is 19.5 Å². The van der Waals surface area contributed by atoms with Gasteiger partial charge in [-0.25, -0.2) is 0 Å². The summed E-state index contributed by atoms with van der Waals surface area (Å²) in [5.41, 5.74) is 0. The van der Waals surface area contributed by atoms with Gasteiger partial charge in [0.05, 0.1) is 0 Å². The summed E-state index contributed by atoms with van der Waals surface area (Å²) in [6.07, 6.45) is 0. The summed E-state index contributed by atoms with van der Waals surface area (Å²) in [4.78, 5) is 0. The van der Waals surface area contributed by atoms with Crippen LogP contribution in [0.15, 0.2) is 0 Å². The van der Waals surface area contributed by atoms with Crippen LogP contribution in [0.2, 0.25) is 0 Å². The Hall–Kier alpha value is 1.67. The normalized spacial score (nSPS) is 0. The SMILES string of the molecule is [B].[Mg].[Si].[Zn]. The van der Waals surface area contributed by atoms with E-state index in [-0.39, 0.29) is 61.9 Å². The van der Waals surface area contributed by atoms with Gasteiger partial charge in [-0.2, -0.15) is 0 Å². The fourth-order valence-electron chi connectivity index (χ4n) is 0. The van der Waals surface area contributed by atoms with E-state index in [0.717, 1.165) is 0 Å². The Balaban J connectivity index is 0. The Morgan fingerprint density at radius 2 is 1.00 bits per heavy atom. The average molecular weight is 129 g/mol. The first-order chi connectivity index (χ1) is 0.